The van der Waals surface area contributed by atoms with Crippen molar-refractivity contribution in [1.82, 2.24) is 5.32 Å². The van der Waals surface area contributed by atoms with Gasteiger partial charge in [-0.25, -0.2) is 9.59 Å². The van der Waals surface area contributed by atoms with Gasteiger partial charge in [-0.3, -0.25) is 9.59 Å². The number of aliphatic hydroxyl groups is 2. The van der Waals surface area contributed by atoms with Gasteiger partial charge in [0.2, 0.25) is 5.91 Å². The van der Waals surface area contributed by atoms with Crippen LogP contribution >= 0.6 is 0 Å². The maximum atomic E-state index is 13.3. The fraction of sp³-hybridized carbons (Fsp3) is 0.611. The summed E-state index contributed by atoms with van der Waals surface area (Å²) in [4.78, 5) is 48.9. The topological polar surface area (TPSA) is 191 Å². The van der Waals surface area contributed by atoms with Crippen molar-refractivity contribution in [2.75, 3.05) is 6.61 Å². The molecule has 6 N–H and O–H groups in total. The fourth-order valence-electron chi connectivity index (χ4n) is 5.09. The van der Waals surface area contributed by atoms with E-state index in [1.165, 1.54) is 25.3 Å². The first-order valence-corrected chi connectivity index (χ1v) is 16.7. The minimum absolute atomic E-state index is 0.149. The summed E-state index contributed by atoms with van der Waals surface area (Å²) >= 11 is 0. The van der Waals surface area contributed by atoms with Crippen molar-refractivity contribution in [3.8, 4) is 5.75 Å². The average Bonchev–Trinajstić information content (AvgIpc) is 2.99. The molecule has 47 heavy (non-hydrogen) atoms. The van der Waals surface area contributed by atoms with Gasteiger partial charge < -0.3 is 35.6 Å². The van der Waals surface area contributed by atoms with E-state index in [4.69, 9.17) is 4.74 Å². The van der Waals surface area contributed by atoms with Gasteiger partial charge in [-0.1, -0.05) is 88.1 Å². The van der Waals surface area contributed by atoms with Gasteiger partial charge in [0.25, 0.3) is 0 Å². The number of carboxylic acid groups (broad SMARTS) is 3. The Kier molecular flexibility index (Phi) is 20.0. The van der Waals surface area contributed by atoms with Crippen LogP contribution in [-0.2, 0) is 25.6 Å². The van der Waals surface area contributed by atoms with Crippen LogP contribution in [0.3, 0.4) is 0 Å². The highest BCUT2D eigenvalue weighted by molar-refractivity contribution is 5.94. The number of aliphatic carboxylic acids is 3. The molecule has 1 unspecified atom stereocenters. The van der Waals surface area contributed by atoms with Gasteiger partial charge in [0.15, 0.2) is 5.60 Å². The minimum Gasteiger partial charge on any atom is -0.490 e. The number of unbranched alkanes of at least 4 members (excludes halogenated alkanes) is 8. The van der Waals surface area contributed by atoms with Crippen LogP contribution in [0, 0.1) is 5.92 Å². The molecule has 1 aromatic rings. The highest BCUT2D eigenvalue weighted by Gasteiger charge is 2.49. The zero-order valence-corrected chi connectivity index (χ0v) is 28.2. The van der Waals surface area contributed by atoms with Crippen LogP contribution < -0.4 is 10.1 Å². The molecule has 0 aliphatic heterocycles. The minimum atomic E-state index is -3.01. The lowest BCUT2D eigenvalue weighted by molar-refractivity contribution is -0.172. The van der Waals surface area contributed by atoms with Crippen LogP contribution in [0.5, 0.6) is 5.75 Å². The molecule has 1 amide bonds. The Morgan fingerprint density at radius 3 is 2.02 bits per heavy atom. The molecule has 4 atom stereocenters. The third kappa shape index (κ3) is 17.1. The van der Waals surface area contributed by atoms with Crippen molar-refractivity contribution in [1.29, 1.82) is 0 Å². The quantitative estimate of drug-likeness (QED) is 0.0533. The lowest BCUT2D eigenvalue weighted by atomic mass is 9.82. The summed E-state index contributed by atoms with van der Waals surface area (Å²) in [5.74, 6) is -7.35. The van der Waals surface area contributed by atoms with Crippen molar-refractivity contribution in [2.24, 2.45) is 5.92 Å². The van der Waals surface area contributed by atoms with Crippen molar-refractivity contribution >= 4 is 23.8 Å². The number of carboxylic acids is 3. The molecule has 11 nitrogen and oxygen atoms in total. The van der Waals surface area contributed by atoms with E-state index in [-0.39, 0.29) is 12.5 Å². The van der Waals surface area contributed by atoms with Crippen molar-refractivity contribution in [2.45, 2.75) is 128 Å². The van der Waals surface area contributed by atoms with Gasteiger partial charge in [-0.2, -0.15) is 0 Å². The maximum Gasteiger partial charge on any atom is 0.337 e. The van der Waals surface area contributed by atoms with Gasteiger partial charge >= 0.3 is 17.9 Å². The molecule has 264 valence electrons. The molecule has 1 rings (SSSR count). The first-order chi connectivity index (χ1) is 22.3. The first-order valence-electron chi connectivity index (χ1n) is 16.7. The van der Waals surface area contributed by atoms with Crippen molar-refractivity contribution in [3.63, 3.8) is 0 Å². The second-order valence-electron chi connectivity index (χ2n) is 12.4. The predicted octanol–water partition coefficient (Wildman–Crippen LogP) is 5.67. The maximum absolute atomic E-state index is 13.3. The molecule has 1 aromatic carbocycles. The fourth-order valence-corrected chi connectivity index (χ4v) is 5.09. The number of hydrogen-bond acceptors (Lipinski definition) is 7. The number of nitrogens with one attached hydrogen (secondary N) is 1. The Labute approximate surface area is 278 Å². The molecule has 0 heterocycles. The van der Waals surface area contributed by atoms with E-state index in [0.29, 0.717) is 30.8 Å². The van der Waals surface area contributed by atoms with E-state index in [1.807, 2.05) is 19.9 Å². The molecule has 0 aliphatic rings. The van der Waals surface area contributed by atoms with Crippen LogP contribution in [-0.4, -0.2) is 73.7 Å². The Hall–Kier alpha value is -3.70. The van der Waals surface area contributed by atoms with Gasteiger partial charge in [0.1, 0.15) is 18.4 Å². The zero-order chi connectivity index (χ0) is 35.2. The van der Waals surface area contributed by atoms with Crippen LogP contribution in [0.2, 0.25) is 0 Å². The molecular formula is C36H55NO10. The summed E-state index contributed by atoms with van der Waals surface area (Å²) in [6.07, 6.45) is 13.8. The number of carbonyl (C=O) groups is 4. The number of allylic oxidation sites excluding steroid dienone is 2. The lowest BCUT2D eigenvalue weighted by Crippen LogP contribution is -2.55. The van der Waals surface area contributed by atoms with E-state index in [1.54, 1.807) is 24.3 Å². The molecule has 0 saturated heterocycles. The van der Waals surface area contributed by atoms with Crippen LogP contribution in [0.1, 0.15) is 110 Å². The second kappa shape index (κ2) is 22.8. The summed E-state index contributed by atoms with van der Waals surface area (Å²) in [6.45, 7) is 6.43. The SMILES string of the molecule is CCCCCCCC(O)CCCCCC/C=C/[C@H](C(=O)N[C@@H](Cc1ccc(OCC=C(C)C)cc1)C(=O)O)[C@@](O)(CC(=O)O)C(=O)O. The lowest BCUT2D eigenvalue weighted by Gasteiger charge is -2.29. The highest BCUT2D eigenvalue weighted by Crippen LogP contribution is 2.26. The molecular weight excluding hydrogens is 606 g/mol. The molecule has 0 radical (unpaired) electrons. The number of rotatable bonds is 26. The van der Waals surface area contributed by atoms with Crippen molar-refractivity contribution in [3.05, 3.63) is 53.6 Å². The summed E-state index contributed by atoms with van der Waals surface area (Å²) in [7, 11) is 0. The second-order valence-corrected chi connectivity index (χ2v) is 12.4. The Morgan fingerprint density at radius 2 is 1.49 bits per heavy atom. The highest BCUT2D eigenvalue weighted by atomic mass is 16.5. The molecule has 0 saturated carbocycles. The van der Waals surface area contributed by atoms with E-state index in [2.05, 4.69) is 12.2 Å². The van der Waals surface area contributed by atoms with E-state index < -0.39 is 47.8 Å². The van der Waals surface area contributed by atoms with Crippen LogP contribution in [0.15, 0.2) is 48.1 Å². The molecule has 0 bridgehead atoms. The van der Waals surface area contributed by atoms with Gasteiger partial charge in [-0.05, 0) is 63.3 Å². The van der Waals surface area contributed by atoms with E-state index in [9.17, 15) is 44.7 Å². The molecule has 0 spiro atoms. The third-order valence-corrected chi connectivity index (χ3v) is 7.93. The summed E-state index contributed by atoms with van der Waals surface area (Å²) in [6, 6.07) is 5.13. The van der Waals surface area contributed by atoms with Gasteiger partial charge in [0.05, 0.1) is 18.4 Å². The summed E-state index contributed by atoms with van der Waals surface area (Å²) < 4.78 is 5.61. The zero-order valence-electron chi connectivity index (χ0n) is 28.2. The average molecular weight is 662 g/mol. The van der Waals surface area contributed by atoms with Crippen LogP contribution in [0.4, 0.5) is 0 Å². The standard InChI is InChI=1S/C36H55NO10/c1-4-5-6-9-12-15-28(38)16-13-10-7-8-11-14-17-30(36(46,35(44)45)25-32(39)40)33(41)37-31(34(42)43)24-27-18-20-29(21-19-27)47-23-22-26(2)3/h14,17-22,28,30-31,38,46H,4-13,15-16,23-25H2,1-3H3,(H,37,41)(H,39,40)(H,42,43)(H,44,45)/b17-14+/t28?,30-,31+,36+/m1/s1. The number of benzene rings is 1. The number of hydrogen-bond donors (Lipinski definition) is 6. The number of aliphatic hydroxyl groups excluding tert-OH is 1. The molecule has 0 aliphatic carbocycles. The predicted molar refractivity (Wildman–Crippen MR) is 179 cm³/mol. The number of ether oxygens (including phenoxy) is 1. The summed E-state index contributed by atoms with van der Waals surface area (Å²) in [5, 5.41) is 52.3. The third-order valence-electron chi connectivity index (χ3n) is 7.93. The number of amides is 1. The van der Waals surface area contributed by atoms with Crippen molar-refractivity contribution < 1.29 is 49.4 Å². The monoisotopic (exact) mass is 661 g/mol. The number of carbonyl (C=O) groups excluding carboxylic acids is 1. The summed E-state index contributed by atoms with van der Waals surface area (Å²) in [5.41, 5.74) is -1.36. The molecule has 0 fully saturated rings. The van der Waals surface area contributed by atoms with E-state index >= 15 is 0 Å². The Bertz CT molecular complexity index is 1160. The van der Waals surface area contributed by atoms with Crippen LogP contribution in [0.25, 0.3) is 0 Å². The largest absolute Gasteiger partial charge is 0.490 e. The van der Waals surface area contributed by atoms with Gasteiger partial charge in [0, 0.05) is 6.42 Å². The molecule has 11 heteroatoms. The molecule has 0 aromatic heterocycles. The van der Waals surface area contributed by atoms with Gasteiger partial charge in [-0.15, -0.1) is 0 Å². The smallest absolute Gasteiger partial charge is 0.337 e. The van der Waals surface area contributed by atoms with E-state index in [0.717, 1.165) is 56.6 Å². The normalized spacial score (nSPS) is 14.5. The Balaban J connectivity index is 2.83. The Morgan fingerprint density at radius 1 is 0.894 bits per heavy atom. The first kappa shape index (κ1) is 41.3.